The third-order valence-corrected chi connectivity index (χ3v) is 3.41. The normalized spacial score (nSPS) is 12.5. The first kappa shape index (κ1) is 14.6. The Morgan fingerprint density at radius 1 is 1.39 bits per heavy atom. The molecule has 0 aliphatic carbocycles. The lowest BCUT2D eigenvalue weighted by Gasteiger charge is -2.19. The van der Waals surface area contributed by atoms with E-state index in [2.05, 4.69) is 26.1 Å². The first-order valence-electron chi connectivity index (χ1n) is 5.95. The van der Waals surface area contributed by atoms with Gasteiger partial charge in [-0.1, -0.05) is 32.4 Å². The van der Waals surface area contributed by atoms with Crippen LogP contribution >= 0.6 is 11.6 Å². The number of amides is 1. The minimum atomic E-state index is -0.538. The number of nitrogen functional groups attached to an aromatic ring is 1. The fourth-order valence-electron chi connectivity index (χ4n) is 1.50. The Morgan fingerprint density at radius 2 is 2.00 bits per heavy atom. The van der Waals surface area contributed by atoms with Gasteiger partial charge in [0.15, 0.2) is 0 Å². The molecule has 18 heavy (non-hydrogen) atoms. The highest BCUT2D eigenvalue weighted by Crippen LogP contribution is 2.29. The fourth-order valence-corrected chi connectivity index (χ4v) is 1.79. The second-order valence-electron chi connectivity index (χ2n) is 4.89. The molecule has 5 N–H and O–H groups in total. The lowest BCUT2D eigenvalue weighted by atomic mass is 9.98. The standard InChI is InChI=1S/C13H20ClN3O/c1-7(2)8(3)6-17-12-10(13(16)18)4-9(15)5-11(12)14/h4-5,7-8,17H,6,15H2,1-3H3,(H2,16,18). The predicted octanol–water partition coefficient (Wildman–Crippen LogP) is 2.73. The smallest absolute Gasteiger partial charge is 0.250 e. The number of hydrogen-bond acceptors (Lipinski definition) is 3. The number of hydrogen-bond donors (Lipinski definition) is 3. The summed E-state index contributed by atoms with van der Waals surface area (Å²) in [5.41, 5.74) is 12.3. The molecule has 1 aromatic rings. The SMILES string of the molecule is CC(C)C(C)CNc1c(Cl)cc(N)cc1C(N)=O. The number of nitrogens with one attached hydrogen (secondary N) is 1. The average Bonchev–Trinajstić information content (AvgIpc) is 2.26. The molecule has 0 fully saturated rings. The van der Waals surface area contributed by atoms with Crippen LogP contribution in [0.4, 0.5) is 11.4 Å². The number of primary amides is 1. The van der Waals surface area contributed by atoms with E-state index in [1.165, 1.54) is 6.07 Å². The lowest BCUT2D eigenvalue weighted by molar-refractivity contribution is 0.100. The van der Waals surface area contributed by atoms with E-state index in [0.29, 0.717) is 33.8 Å². The molecule has 5 heteroatoms. The van der Waals surface area contributed by atoms with Gasteiger partial charge in [-0.05, 0) is 24.0 Å². The summed E-state index contributed by atoms with van der Waals surface area (Å²) in [6.45, 7) is 7.15. The molecule has 1 atom stereocenters. The molecule has 1 unspecified atom stereocenters. The zero-order valence-electron chi connectivity index (χ0n) is 11.0. The highest BCUT2D eigenvalue weighted by molar-refractivity contribution is 6.34. The molecule has 0 aromatic heterocycles. The van der Waals surface area contributed by atoms with Crippen LogP contribution in [-0.4, -0.2) is 12.5 Å². The molecule has 0 saturated heterocycles. The first-order chi connectivity index (χ1) is 8.32. The molecule has 0 heterocycles. The van der Waals surface area contributed by atoms with E-state index in [1.807, 2.05) is 0 Å². The monoisotopic (exact) mass is 269 g/mol. The van der Waals surface area contributed by atoms with Crippen LogP contribution in [0.15, 0.2) is 12.1 Å². The quantitative estimate of drug-likeness (QED) is 0.719. The molecule has 0 spiro atoms. The van der Waals surface area contributed by atoms with Crippen LogP contribution in [0.3, 0.4) is 0 Å². The van der Waals surface area contributed by atoms with Crippen molar-refractivity contribution in [2.45, 2.75) is 20.8 Å². The summed E-state index contributed by atoms with van der Waals surface area (Å²) < 4.78 is 0. The predicted molar refractivity (Wildman–Crippen MR) is 76.9 cm³/mol. The van der Waals surface area contributed by atoms with E-state index in [9.17, 15) is 4.79 Å². The third kappa shape index (κ3) is 3.53. The summed E-state index contributed by atoms with van der Waals surface area (Å²) in [6, 6.07) is 3.15. The molecule has 1 aromatic carbocycles. The van der Waals surface area contributed by atoms with Crippen molar-refractivity contribution in [3.05, 3.63) is 22.7 Å². The summed E-state index contributed by atoms with van der Waals surface area (Å²) in [7, 11) is 0. The van der Waals surface area contributed by atoms with Crippen molar-refractivity contribution >= 4 is 28.9 Å². The molecule has 1 rings (SSSR count). The van der Waals surface area contributed by atoms with E-state index in [4.69, 9.17) is 23.1 Å². The molecule has 1 amide bonds. The number of carbonyl (C=O) groups is 1. The highest BCUT2D eigenvalue weighted by Gasteiger charge is 2.15. The van der Waals surface area contributed by atoms with Crippen LogP contribution < -0.4 is 16.8 Å². The summed E-state index contributed by atoms with van der Waals surface area (Å²) in [6.07, 6.45) is 0. The molecular formula is C13H20ClN3O. The largest absolute Gasteiger partial charge is 0.399 e. The molecular weight excluding hydrogens is 250 g/mol. The van der Waals surface area contributed by atoms with Crippen molar-refractivity contribution in [2.24, 2.45) is 17.6 Å². The number of benzene rings is 1. The van der Waals surface area contributed by atoms with Gasteiger partial charge in [-0.3, -0.25) is 4.79 Å². The van der Waals surface area contributed by atoms with Crippen molar-refractivity contribution < 1.29 is 4.79 Å². The number of nitrogens with two attached hydrogens (primary N) is 2. The first-order valence-corrected chi connectivity index (χ1v) is 6.33. The van der Waals surface area contributed by atoms with Gasteiger partial charge in [-0.2, -0.15) is 0 Å². The van der Waals surface area contributed by atoms with E-state index in [1.54, 1.807) is 6.07 Å². The Hall–Kier alpha value is -1.42. The van der Waals surface area contributed by atoms with E-state index >= 15 is 0 Å². The molecule has 0 radical (unpaired) electrons. The van der Waals surface area contributed by atoms with E-state index in [0.717, 1.165) is 6.54 Å². The van der Waals surface area contributed by atoms with Crippen LogP contribution in [0.2, 0.25) is 5.02 Å². The molecule has 0 saturated carbocycles. The Kier molecular flexibility index (Phi) is 4.84. The van der Waals surface area contributed by atoms with Crippen LogP contribution in [0, 0.1) is 11.8 Å². The van der Waals surface area contributed by atoms with Crippen molar-refractivity contribution in [1.29, 1.82) is 0 Å². The van der Waals surface area contributed by atoms with Crippen molar-refractivity contribution in [3.8, 4) is 0 Å². The number of carbonyl (C=O) groups excluding carboxylic acids is 1. The maximum Gasteiger partial charge on any atom is 0.250 e. The highest BCUT2D eigenvalue weighted by atomic mass is 35.5. The molecule has 0 aliphatic heterocycles. The van der Waals surface area contributed by atoms with Crippen LogP contribution in [0.5, 0.6) is 0 Å². The molecule has 4 nitrogen and oxygen atoms in total. The Morgan fingerprint density at radius 3 is 2.50 bits per heavy atom. The van der Waals surface area contributed by atoms with Gasteiger partial charge in [0.05, 0.1) is 16.3 Å². The van der Waals surface area contributed by atoms with Gasteiger partial charge in [-0.15, -0.1) is 0 Å². The second kappa shape index (κ2) is 5.96. The van der Waals surface area contributed by atoms with Gasteiger partial charge in [0.2, 0.25) is 0 Å². The van der Waals surface area contributed by atoms with Crippen molar-refractivity contribution in [2.75, 3.05) is 17.6 Å². The van der Waals surface area contributed by atoms with Gasteiger partial charge in [-0.25, -0.2) is 0 Å². The van der Waals surface area contributed by atoms with Crippen molar-refractivity contribution in [3.63, 3.8) is 0 Å². The topological polar surface area (TPSA) is 81.1 Å². The molecule has 100 valence electrons. The average molecular weight is 270 g/mol. The minimum absolute atomic E-state index is 0.330. The number of halogens is 1. The summed E-state index contributed by atoms with van der Waals surface area (Å²) in [4.78, 5) is 11.4. The Bertz CT molecular complexity index is 446. The van der Waals surface area contributed by atoms with Crippen LogP contribution in [0.25, 0.3) is 0 Å². The maximum absolute atomic E-state index is 11.4. The minimum Gasteiger partial charge on any atom is -0.399 e. The lowest BCUT2D eigenvalue weighted by Crippen LogP contribution is -2.20. The van der Waals surface area contributed by atoms with Gasteiger partial charge in [0.1, 0.15) is 0 Å². The molecule has 0 bridgehead atoms. The number of anilines is 2. The maximum atomic E-state index is 11.4. The van der Waals surface area contributed by atoms with Gasteiger partial charge in [0.25, 0.3) is 5.91 Å². The third-order valence-electron chi connectivity index (χ3n) is 3.12. The van der Waals surface area contributed by atoms with E-state index in [-0.39, 0.29) is 0 Å². The Labute approximate surface area is 113 Å². The second-order valence-corrected chi connectivity index (χ2v) is 5.30. The zero-order valence-corrected chi connectivity index (χ0v) is 11.7. The fraction of sp³-hybridized carbons (Fsp3) is 0.462. The van der Waals surface area contributed by atoms with Gasteiger partial charge < -0.3 is 16.8 Å². The van der Waals surface area contributed by atoms with Crippen LogP contribution in [-0.2, 0) is 0 Å². The Balaban J connectivity index is 2.97. The summed E-state index contributed by atoms with van der Waals surface area (Å²) >= 11 is 6.09. The zero-order chi connectivity index (χ0) is 13.9. The number of rotatable bonds is 5. The molecule has 0 aliphatic rings. The summed E-state index contributed by atoms with van der Waals surface area (Å²) in [5, 5.41) is 3.60. The summed E-state index contributed by atoms with van der Waals surface area (Å²) in [5.74, 6) is 0.463. The van der Waals surface area contributed by atoms with Gasteiger partial charge in [0, 0.05) is 12.2 Å². The van der Waals surface area contributed by atoms with Gasteiger partial charge >= 0.3 is 0 Å². The van der Waals surface area contributed by atoms with E-state index < -0.39 is 5.91 Å². The van der Waals surface area contributed by atoms with Crippen molar-refractivity contribution in [1.82, 2.24) is 0 Å². The van der Waals surface area contributed by atoms with Crippen LogP contribution in [0.1, 0.15) is 31.1 Å².